The first-order chi connectivity index (χ1) is 7.00. The van der Waals surface area contributed by atoms with Crippen LogP contribution in [0.1, 0.15) is 5.56 Å². The summed E-state index contributed by atoms with van der Waals surface area (Å²) in [5, 5.41) is 8.36. The molecule has 0 fully saturated rings. The van der Waals surface area contributed by atoms with Gasteiger partial charge in [0.15, 0.2) is 0 Å². The third kappa shape index (κ3) is 3.09. The number of hydrogen-bond donors (Lipinski definition) is 1. The molecule has 4 heteroatoms. The molecule has 0 unspecified atom stereocenters. The van der Waals surface area contributed by atoms with E-state index in [9.17, 15) is 9.18 Å². The summed E-state index contributed by atoms with van der Waals surface area (Å²) in [7, 11) is 3.75. The van der Waals surface area contributed by atoms with E-state index in [0.29, 0.717) is 6.08 Å². The molecule has 1 rings (SSSR count). The number of rotatable bonds is 3. The molecule has 0 aliphatic rings. The Balaban J connectivity index is 2.94. The number of nitrogens with zero attached hydrogens (tertiary/aromatic N) is 1. The Bertz CT molecular complexity index is 382. The van der Waals surface area contributed by atoms with Crippen molar-refractivity contribution < 1.29 is 14.3 Å². The quantitative estimate of drug-likeness (QED) is 0.775. The molecule has 0 atom stereocenters. The van der Waals surface area contributed by atoms with Gasteiger partial charge in [0, 0.05) is 25.3 Å². The van der Waals surface area contributed by atoms with E-state index in [0.717, 1.165) is 5.69 Å². The van der Waals surface area contributed by atoms with E-state index in [1.165, 1.54) is 0 Å². The van der Waals surface area contributed by atoms with Crippen LogP contribution < -0.4 is 4.90 Å². The van der Waals surface area contributed by atoms with Crippen molar-refractivity contribution in [3.8, 4) is 0 Å². The van der Waals surface area contributed by atoms with Crippen LogP contribution in [0.15, 0.2) is 30.3 Å². The molecule has 0 heterocycles. The number of carbonyl (C=O) groups is 1. The van der Waals surface area contributed by atoms with Gasteiger partial charge in [-0.25, -0.2) is 9.18 Å². The van der Waals surface area contributed by atoms with Crippen molar-refractivity contribution in [2.75, 3.05) is 19.0 Å². The highest BCUT2D eigenvalue weighted by atomic mass is 19.1. The zero-order valence-corrected chi connectivity index (χ0v) is 8.57. The Labute approximate surface area is 87.4 Å². The van der Waals surface area contributed by atoms with Gasteiger partial charge in [-0.05, 0) is 24.3 Å². The molecule has 0 saturated heterocycles. The summed E-state index contributed by atoms with van der Waals surface area (Å²) in [5.41, 5.74) is 1.20. The monoisotopic (exact) mass is 209 g/mol. The second-order valence-electron chi connectivity index (χ2n) is 3.27. The smallest absolute Gasteiger partial charge is 0.331 e. The van der Waals surface area contributed by atoms with Gasteiger partial charge in [-0.3, -0.25) is 0 Å². The summed E-state index contributed by atoms with van der Waals surface area (Å²) in [4.78, 5) is 12.1. The molecule has 0 bridgehead atoms. The second-order valence-corrected chi connectivity index (χ2v) is 3.27. The molecule has 1 N–H and O–H groups in total. The Hall–Kier alpha value is -1.84. The van der Waals surface area contributed by atoms with Crippen LogP contribution in [0.5, 0.6) is 0 Å². The average Bonchev–Trinajstić information content (AvgIpc) is 2.17. The minimum absolute atomic E-state index is 0.267. The summed E-state index contributed by atoms with van der Waals surface area (Å²) in [6.45, 7) is 0. The first-order valence-electron chi connectivity index (χ1n) is 4.38. The fourth-order valence-electron chi connectivity index (χ4n) is 1.11. The summed E-state index contributed by atoms with van der Waals surface area (Å²) in [6, 6.07) is 6.55. The Kier molecular flexibility index (Phi) is 3.44. The maximum atomic E-state index is 13.2. The van der Waals surface area contributed by atoms with Crippen molar-refractivity contribution in [2.45, 2.75) is 0 Å². The minimum Gasteiger partial charge on any atom is -0.478 e. The van der Waals surface area contributed by atoms with Crippen LogP contribution in [0.4, 0.5) is 10.1 Å². The number of hydrogen-bond acceptors (Lipinski definition) is 2. The summed E-state index contributed by atoms with van der Waals surface area (Å²) in [5.74, 6) is -2.03. The number of carboxylic acid groups (broad SMARTS) is 1. The van der Waals surface area contributed by atoms with E-state index >= 15 is 0 Å². The van der Waals surface area contributed by atoms with Gasteiger partial charge in [-0.15, -0.1) is 0 Å². The Morgan fingerprint density at radius 2 is 1.87 bits per heavy atom. The lowest BCUT2D eigenvalue weighted by Gasteiger charge is -2.12. The highest BCUT2D eigenvalue weighted by Gasteiger charge is 2.03. The lowest BCUT2D eigenvalue weighted by atomic mass is 10.1. The van der Waals surface area contributed by atoms with Crippen molar-refractivity contribution in [2.24, 2.45) is 0 Å². The average molecular weight is 209 g/mol. The minimum atomic E-state index is -1.29. The van der Waals surface area contributed by atoms with E-state index < -0.39 is 11.8 Å². The van der Waals surface area contributed by atoms with E-state index in [1.807, 2.05) is 19.0 Å². The lowest BCUT2D eigenvalue weighted by molar-refractivity contribution is -0.131. The number of benzene rings is 1. The molecule has 1 aromatic rings. The molecule has 80 valence electrons. The molecule has 0 aromatic heterocycles. The van der Waals surface area contributed by atoms with Crippen LogP contribution >= 0.6 is 0 Å². The summed E-state index contributed by atoms with van der Waals surface area (Å²) in [6.07, 6.45) is 0.546. The van der Waals surface area contributed by atoms with E-state index in [1.54, 1.807) is 24.3 Å². The SMILES string of the molecule is CN(C)c1ccc(C(F)=CC(=O)O)cc1. The number of carboxylic acids is 1. The molecule has 3 nitrogen and oxygen atoms in total. The molecule has 0 saturated carbocycles. The molecule has 0 aliphatic carbocycles. The number of aliphatic carboxylic acids is 1. The Morgan fingerprint density at radius 3 is 2.27 bits per heavy atom. The van der Waals surface area contributed by atoms with Gasteiger partial charge in [-0.2, -0.15) is 0 Å². The second kappa shape index (κ2) is 4.59. The highest BCUT2D eigenvalue weighted by molar-refractivity contribution is 5.88. The lowest BCUT2D eigenvalue weighted by Crippen LogP contribution is -2.08. The van der Waals surface area contributed by atoms with Gasteiger partial charge >= 0.3 is 5.97 Å². The molecule has 0 aliphatic heterocycles. The predicted octanol–water partition coefficient (Wildman–Crippen LogP) is 2.15. The first-order valence-corrected chi connectivity index (χ1v) is 4.38. The molecule has 1 aromatic carbocycles. The molecule has 0 radical (unpaired) electrons. The van der Waals surface area contributed by atoms with Crippen LogP contribution in [0.25, 0.3) is 5.83 Å². The third-order valence-electron chi connectivity index (χ3n) is 1.91. The molecule has 0 spiro atoms. The zero-order chi connectivity index (χ0) is 11.4. The predicted molar refractivity (Wildman–Crippen MR) is 57.5 cm³/mol. The number of halogens is 1. The highest BCUT2D eigenvalue weighted by Crippen LogP contribution is 2.19. The van der Waals surface area contributed by atoms with E-state index in [2.05, 4.69) is 0 Å². The van der Waals surface area contributed by atoms with Crippen molar-refractivity contribution in [1.29, 1.82) is 0 Å². The molecular formula is C11H12FNO2. The standard InChI is InChI=1S/C11H12FNO2/c1-13(2)9-5-3-8(4-6-9)10(12)7-11(14)15/h3-7H,1-2H3,(H,14,15). The van der Waals surface area contributed by atoms with Crippen molar-refractivity contribution in [3.63, 3.8) is 0 Å². The fourth-order valence-corrected chi connectivity index (χ4v) is 1.11. The van der Waals surface area contributed by atoms with Gasteiger partial charge in [0.1, 0.15) is 5.83 Å². The van der Waals surface area contributed by atoms with Gasteiger partial charge in [0.2, 0.25) is 0 Å². The maximum absolute atomic E-state index is 13.2. The van der Waals surface area contributed by atoms with Crippen LogP contribution in [0, 0.1) is 0 Å². The summed E-state index contributed by atoms with van der Waals surface area (Å²) >= 11 is 0. The van der Waals surface area contributed by atoms with Crippen LogP contribution in [0.2, 0.25) is 0 Å². The molecule has 0 amide bonds. The van der Waals surface area contributed by atoms with Crippen molar-refractivity contribution in [1.82, 2.24) is 0 Å². The summed E-state index contributed by atoms with van der Waals surface area (Å²) < 4.78 is 13.2. The maximum Gasteiger partial charge on any atom is 0.331 e. The Morgan fingerprint density at radius 1 is 1.33 bits per heavy atom. The van der Waals surface area contributed by atoms with Crippen LogP contribution in [-0.4, -0.2) is 25.2 Å². The largest absolute Gasteiger partial charge is 0.478 e. The van der Waals surface area contributed by atoms with Crippen LogP contribution in [-0.2, 0) is 4.79 Å². The number of anilines is 1. The van der Waals surface area contributed by atoms with Crippen LogP contribution in [0.3, 0.4) is 0 Å². The third-order valence-corrected chi connectivity index (χ3v) is 1.91. The van der Waals surface area contributed by atoms with Gasteiger partial charge in [-0.1, -0.05) is 0 Å². The topological polar surface area (TPSA) is 40.5 Å². The van der Waals surface area contributed by atoms with E-state index in [4.69, 9.17) is 5.11 Å². The van der Waals surface area contributed by atoms with E-state index in [-0.39, 0.29) is 5.56 Å². The fraction of sp³-hybridized carbons (Fsp3) is 0.182. The van der Waals surface area contributed by atoms with Gasteiger partial charge in [0.25, 0.3) is 0 Å². The molecular weight excluding hydrogens is 197 g/mol. The van der Waals surface area contributed by atoms with Gasteiger partial charge < -0.3 is 10.0 Å². The normalized spacial score (nSPS) is 11.3. The first kappa shape index (κ1) is 11.2. The zero-order valence-electron chi connectivity index (χ0n) is 8.57. The molecule has 15 heavy (non-hydrogen) atoms. The van der Waals surface area contributed by atoms with Gasteiger partial charge in [0.05, 0.1) is 6.08 Å². The van der Waals surface area contributed by atoms with Crippen molar-refractivity contribution in [3.05, 3.63) is 35.9 Å². The van der Waals surface area contributed by atoms with Crippen molar-refractivity contribution >= 4 is 17.5 Å².